The molecule has 0 bridgehead atoms. The highest BCUT2D eigenvalue weighted by Crippen LogP contribution is 2.34. The van der Waals surface area contributed by atoms with Gasteiger partial charge in [0.15, 0.2) is 0 Å². The molecular formula is C20H24Cl2N2O3. The Morgan fingerprint density at radius 1 is 1.15 bits per heavy atom. The quantitative estimate of drug-likeness (QED) is 0.547. The molecule has 0 saturated heterocycles. The van der Waals surface area contributed by atoms with Crippen molar-refractivity contribution in [2.45, 2.75) is 57.6 Å². The normalized spacial score (nSPS) is 21.7. The number of allylic oxidation sites excluding steroid dienone is 1. The van der Waals surface area contributed by atoms with Crippen LogP contribution in [0.1, 0.15) is 57.1 Å². The average Bonchev–Trinajstić information content (AvgIpc) is 2.90. The summed E-state index contributed by atoms with van der Waals surface area (Å²) in [6.07, 6.45) is 6.21. The first-order valence-corrected chi connectivity index (χ1v) is 10.0. The van der Waals surface area contributed by atoms with Crippen LogP contribution in [-0.2, 0) is 9.53 Å². The van der Waals surface area contributed by atoms with Crippen LogP contribution in [0.4, 0.5) is 4.79 Å². The summed E-state index contributed by atoms with van der Waals surface area (Å²) in [6, 6.07) is 4.19. The van der Waals surface area contributed by atoms with Crippen LogP contribution in [0.25, 0.3) is 0 Å². The third kappa shape index (κ3) is 4.41. The summed E-state index contributed by atoms with van der Waals surface area (Å²) in [6.45, 7) is 1.76. The molecule has 1 fully saturated rings. The molecule has 0 unspecified atom stereocenters. The van der Waals surface area contributed by atoms with E-state index in [9.17, 15) is 9.59 Å². The molecule has 1 saturated carbocycles. The number of esters is 1. The summed E-state index contributed by atoms with van der Waals surface area (Å²) in [5, 5.41) is 3.66. The zero-order valence-corrected chi connectivity index (χ0v) is 17.1. The maximum atomic E-state index is 13.1. The Bertz CT molecular complexity index is 770. The van der Waals surface area contributed by atoms with Crippen LogP contribution < -0.4 is 5.32 Å². The smallest absolute Gasteiger partial charge is 0.338 e. The molecule has 1 N–H and O–H groups in total. The van der Waals surface area contributed by atoms with Gasteiger partial charge in [0.05, 0.1) is 21.7 Å². The van der Waals surface area contributed by atoms with Gasteiger partial charge in [-0.1, -0.05) is 42.1 Å². The number of rotatable bonds is 3. The molecule has 1 atom stereocenters. The van der Waals surface area contributed by atoms with E-state index in [1.165, 1.54) is 17.7 Å². The number of carbonyl (C=O) groups excluding carboxylic acids is 2. The van der Waals surface area contributed by atoms with Gasteiger partial charge in [0.1, 0.15) is 6.10 Å². The van der Waals surface area contributed by atoms with E-state index < -0.39 is 6.04 Å². The van der Waals surface area contributed by atoms with E-state index in [4.69, 9.17) is 27.9 Å². The Morgan fingerprint density at radius 3 is 2.44 bits per heavy atom. The number of carbonyl (C=O) groups is 2. The molecule has 2 amide bonds. The van der Waals surface area contributed by atoms with E-state index in [0.717, 1.165) is 25.7 Å². The van der Waals surface area contributed by atoms with Crippen molar-refractivity contribution >= 4 is 35.2 Å². The second-order valence-electron chi connectivity index (χ2n) is 7.13. The first-order valence-electron chi connectivity index (χ1n) is 9.29. The lowest BCUT2D eigenvalue weighted by atomic mass is 9.95. The van der Waals surface area contributed by atoms with Crippen molar-refractivity contribution in [2.75, 3.05) is 7.05 Å². The fourth-order valence-corrected chi connectivity index (χ4v) is 3.92. The molecule has 1 aliphatic carbocycles. The van der Waals surface area contributed by atoms with Gasteiger partial charge < -0.3 is 15.0 Å². The molecule has 1 heterocycles. The lowest BCUT2D eigenvalue weighted by molar-refractivity contribution is -0.145. The van der Waals surface area contributed by atoms with Crippen molar-refractivity contribution in [3.8, 4) is 0 Å². The summed E-state index contributed by atoms with van der Waals surface area (Å²) in [4.78, 5) is 26.8. The lowest BCUT2D eigenvalue weighted by Gasteiger charge is -2.34. The van der Waals surface area contributed by atoms with E-state index in [1.54, 1.807) is 32.2 Å². The van der Waals surface area contributed by atoms with Crippen LogP contribution >= 0.6 is 23.2 Å². The first kappa shape index (κ1) is 20.0. The van der Waals surface area contributed by atoms with Crippen molar-refractivity contribution in [2.24, 2.45) is 0 Å². The highest BCUT2D eigenvalue weighted by Gasteiger charge is 2.36. The molecule has 1 aromatic carbocycles. The molecule has 5 nitrogen and oxygen atoms in total. The second-order valence-corrected chi connectivity index (χ2v) is 7.95. The van der Waals surface area contributed by atoms with Gasteiger partial charge in [-0.3, -0.25) is 0 Å². The number of nitrogens with zero attached hydrogens (tertiary/aromatic N) is 1. The number of nitrogens with one attached hydrogen (secondary N) is 1. The van der Waals surface area contributed by atoms with Gasteiger partial charge >= 0.3 is 12.0 Å². The van der Waals surface area contributed by atoms with Crippen LogP contribution in [-0.4, -0.2) is 30.1 Å². The minimum absolute atomic E-state index is 0.0716. The topological polar surface area (TPSA) is 58.6 Å². The van der Waals surface area contributed by atoms with Crippen LogP contribution in [0, 0.1) is 0 Å². The van der Waals surface area contributed by atoms with E-state index in [1.807, 2.05) is 0 Å². The lowest BCUT2D eigenvalue weighted by Crippen LogP contribution is -2.46. The monoisotopic (exact) mass is 410 g/mol. The number of ether oxygens (including phenoxy) is 1. The Hall–Kier alpha value is -1.72. The van der Waals surface area contributed by atoms with Crippen LogP contribution in [0.3, 0.4) is 0 Å². The van der Waals surface area contributed by atoms with Crippen LogP contribution in [0.2, 0.25) is 10.0 Å². The average molecular weight is 411 g/mol. The molecule has 3 rings (SSSR count). The zero-order valence-electron chi connectivity index (χ0n) is 15.6. The molecule has 0 spiro atoms. The molecule has 27 heavy (non-hydrogen) atoms. The Morgan fingerprint density at radius 2 is 1.81 bits per heavy atom. The van der Waals surface area contributed by atoms with Gasteiger partial charge in [-0.05, 0) is 50.3 Å². The third-order valence-corrected chi connectivity index (χ3v) is 6.07. The summed E-state index contributed by atoms with van der Waals surface area (Å²) in [5.41, 5.74) is 1.70. The Balaban J connectivity index is 1.92. The maximum absolute atomic E-state index is 13.1. The molecule has 7 heteroatoms. The number of benzene rings is 1. The predicted molar refractivity (Wildman–Crippen MR) is 106 cm³/mol. The third-order valence-electron chi connectivity index (χ3n) is 5.33. The summed E-state index contributed by atoms with van der Waals surface area (Å²) in [7, 11) is 1.63. The highest BCUT2D eigenvalue weighted by molar-refractivity contribution is 6.42. The van der Waals surface area contributed by atoms with Gasteiger partial charge in [-0.15, -0.1) is 0 Å². The van der Waals surface area contributed by atoms with E-state index >= 15 is 0 Å². The minimum Gasteiger partial charge on any atom is -0.459 e. The van der Waals surface area contributed by atoms with Crippen molar-refractivity contribution in [3.63, 3.8) is 0 Å². The molecular weight excluding hydrogens is 387 g/mol. The second kappa shape index (κ2) is 8.53. The number of amides is 2. The summed E-state index contributed by atoms with van der Waals surface area (Å²) in [5.74, 6) is -0.387. The van der Waals surface area contributed by atoms with E-state index in [0.29, 0.717) is 26.9 Å². The van der Waals surface area contributed by atoms with Crippen LogP contribution in [0.15, 0.2) is 29.5 Å². The number of hydrogen-bond donors (Lipinski definition) is 1. The SMILES string of the molecule is CC1=C(C(=O)OC2CCCCCC2)[C@H](c2ccc(Cl)c(Cl)c2)NC(=O)N1C. The number of urea groups is 1. The van der Waals surface area contributed by atoms with Gasteiger partial charge in [0.2, 0.25) is 0 Å². The minimum atomic E-state index is -0.623. The summed E-state index contributed by atoms with van der Waals surface area (Å²) < 4.78 is 5.84. The number of hydrogen-bond acceptors (Lipinski definition) is 3. The van der Waals surface area contributed by atoms with Crippen molar-refractivity contribution < 1.29 is 14.3 Å². The Kier molecular flexibility index (Phi) is 6.33. The summed E-state index contributed by atoms with van der Waals surface area (Å²) >= 11 is 12.2. The van der Waals surface area contributed by atoms with Gasteiger partial charge in [-0.25, -0.2) is 9.59 Å². The zero-order chi connectivity index (χ0) is 19.6. The first-order chi connectivity index (χ1) is 12.9. The van der Waals surface area contributed by atoms with Crippen LogP contribution in [0.5, 0.6) is 0 Å². The van der Waals surface area contributed by atoms with Crippen molar-refractivity contribution in [1.29, 1.82) is 0 Å². The molecule has 146 valence electrons. The molecule has 1 aromatic rings. The Labute approximate surface area is 169 Å². The predicted octanol–water partition coefficient (Wildman–Crippen LogP) is 5.23. The van der Waals surface area contributed by atoms with Gasteiger partial charge in [0, 0.05) is 12.7 Å². The molecule has 0 radical (unpaired) electrons. The highest BCUT2D eigenvalue weighted by atomic mass is 35.5. The van der Waals surface area contributed by atoms with Crippen molar-refractivity contribution in [3.05, 3.63) is 45.1 Å². The fourth-order valence-electron chi connectivity index (χ4n) is 3.62. The fraction of sp³-hybridized carbons (Fsp3) is 0.500. The largest absolute Gasteiger partial charge is 0.459 e. The number of halogens is 2. The molecule has 1 aliphatic heterocycles. The van der Waals surface area contributed by atoms with Gasteiger partial charge in [-0.2, -0.15) is 0 Å². The van der Waals surface area contributed by atoms with Gasteiger partial charge in [0.25, 0.3) is 0 Å². The molecule has 2 aliphatic rings. The standard InChI is InChI=1S/C20H24Cl2N2O3/c1-12-17(19(25)27-14-7-5-3-4-6-8-14)18(23-20(26)24(12)2)13-9-10-15(21)16(22)11-13/h9-11,14,18H,3-8H2,1-2H3,(H,23,26)/t18-/m0/s1. The van der Waals surface area contributed by atoms with E-state index in [2.05, 4.69) is 5.32 Å². The molecule has 0 aromatic heterocycles. The van der Waals surface area contributed by atoms with E-state index in [-0.39, 0.29) is 18.1 Å². The van der Waals surface area contributed by atoms with Crippen molar-refractivity contribution in [1.82, 2.24) is 10.2 Å². The maximum Gasteiger partial charge on any atom is 0.338 e.